The maximum Gasteiger partial charge on any atom is 0.308 e. The van der Waals surface area contributed by atoms with Gasteiger partial charge < -0.3 is 15.4 Å². The summed E-state index contributed by atoms with van der Waals surface area (Å²) in [5.74, 6) is -1.46. The molecule has 0 saturated heterocycles. The highest BCUT2D eigenvalue weighted by Crippen LogP contribution is 2.17. The quantitative estimate of drug-likeness (QED) is 0.402. The molecule has 1 heterocycles. The number of ether oxygens (including phenoxy) is 1. The van der Waals surface area contributed by atoms with Gasteiger partial charge in [0.25, 0.3) is 5.91 Å². The minimum Gasteiger partial charge on any atom is -0.452 e. The van der Waals surface area contributed by atoms with Crippen LogP contribution in [0.4, 0.5) is 5.69 Å². The standard InChI is InChI=1S/C20H20ClN3O4/c1-14(20(27)24-16-8-5-12-23-19(16)21)28-18(26)11-13-22-17(25)10-9-15-6-3-2-4-7-15/h2-10,12,14H,11,13H2,1H3,(H,22,25)(H,24,27)/b10-9+/t14-/m1/s1. The number of amides is 2. The number of hydrogen-bond donors (Lipinski definition) is 2. The van der Waals surface area contributed by atoms with Crippen molar-refractivity contribution in [2.45, 2.75) is 19.4 Å². The molecule has 0 saturated carbocycles. The minimum atomic E-state index is -1.02. The molecule has 146 valence electrons. The number of nitrogens with zero attached hydrogens (tertiary/aromatic N) is 1. The highest BCUT2D eigenvalue weighted by atomic mass is 35.5. The van der Waals surface area contributed by atoms with Gasteiger partial charge in [0.05, 0.1) is 12.1 Å². The van der Waals surface area contributed by atoms with Gasteiger partial charge in [0.2, 0.25) is 5.91 Å². The maximum absolute atomic E-state index is 12.0. The average molecular weight is 402 g/mol. The Morgan fingerprint density at radius 1 is 1.18 bits per heavy atom. The summed E-state index contributed by atoms with van der Waals surface area (Å²) in [5.41, 5.74) is 1.22. The number of carbonyl (C=O) groups is 3. The number of aromatic nitrogens is 1. The van der Waals surface area contributed by atoms with Crippen molar-refractivity contribution in [2.24, 2.45) is 0 Å². The van der Waals surface area contributed by atoms with E-state index in [-0.39, 0.29) is 24.0 Å². The van der Waals surface area contributed by atoms with Crippen molar-refractivity contribution in [3.63, 3.8) is 0 Å². The Morgan fingerprint density at radius 3 is 2.64 bits per heavy atom. The second-order valence-electron chi connectivity index (χ2n) is 5.75. The molecule has 28 heavy (non-hydrogen) atoms. The molecule has 0 fully saturated rings. The van der Waals surface area contributed by atoms with Crippen molar-refractivity contribution in [3.8, 4) is 0 Å². The van der Waals surface area contributed by atoms with E-state index in [2.05, 4.69) is 15.6 Å². The number of benzene rings is 1. The Balaban J connectivity index is 1.70. The third-order valence-corrected chi connectivity index (χ3v) is 3.85. The van der Waals surface area contributed by atoms with Gasteiger partial charge in [-0.1, -0.05) is 41.9 Å². The maximum atomic E-state index is 12.0. The van der Waals surface area contributed by atoms with Gasteiger partial charge in [-0.25, -0.2) is 4.98 Å². The molecule has 0 unspecified atom stereocenters. The van der Waals surface area contributed by atoms with Crippen LogP contribution in [0.25, 0.3) is 6.08 Å². The lowest BCUT2D eigenvalue weighted by atomic mass is 10.2. The van der Waals surface area contributed by atoms with Gasteiger partial charge in [0, 0.05) is 18.8 Å². The first-order chi connectivity index (χ1) is 13.5. The summed E-state index contributed by atoms with van der Waals surface area (Å²) < 4.78 is 5.05. The van der Waals surface area contributed by atoms with Gasteiger partial charge in [-0.15, -0.1) is 0 Å². The summed E-state index contributed by atoms with van der Waals surface area (Å²) in [6.07, 6.45) is 3.47. The molecule has 2 amide bonds. The number of anilines is 1. The summed E-state index contributed by atoms with van der Waals surface area (Å²) in [4.78, 5) is 39.4. The third kappa shape index (κ3) is 7.20. The van der Waals surface area contributed by atoms with Crippen LogP contribution in [0.15, 0.2) is 54.7 Å². The Hall–Kier alpha value is -3.19. The van der Waals surface area contributed by atoms with Gasteiger partial charge >= 0.3 is 5.97 Å². The molecule has 7 nitrogen and oxygen atoms in total. The van der Waals surface area contributed by atoms with E-state index in [0.717, 1.165) is 5.56 Å². The molecule has 0 bridgehead atoms. The van der Waals surface area contributed by atoms with Crippen LogP contribution in [-0.2, 0) is 19.1 Å². The van der Waals surface area contributed by atoms with E-state index in [0.29, 0.717) is 5.69 Å². The fourth-order valence-electron chi connectivity index (χ4n) is 2.11. The molecular weight excluding hydrogens is 382 g/mol. The first-order valence-electron chi connectivity index (χ1n) is 8.57. The van der Waals surface area contributed by atoms with Crippen LogP contribution in [0.5, 0.6) is 0 Å². The van der Waals surface area contributed by atoms with E-state index in [4.69, 9.17) is 16.3 Å². The summed E-state index contributed by atoms with van der Waals surface area (Å²) in [6.45, 7) is 1.54. The van der Waals surface area contributed by atoms with E-state index in [1.54, 1.807) is 18.2 Å². The Kier molecular flexibility index (Phi) is 8.17. The van der Waals surface area contributed by atoms with Crippen LogP contribution in [0, 0.1) is 0 Å². The van der Waals surface area contributed by atoms with Crippen LogP contribution in [0.3, 0.4) is 0 Å². The Bertz CT molecular complexity index is 856. The molecular formula is C20H20ClN3O4. The molecule has 1 aromatic heterocycles. The number of rotatable bonds is 8. The molecule has 0 aliphatic carbocycles. The van der Waals surface area contributed by atoms with Crippen molar-refractivity contribution in [2.75, 3.05) is 11.9 Å². The van der Waals surface area contributed by atoms with Crippen molar-refractivity contribution in [1.82, 2.24) is 10.3 Å². The molecule has 8 heteroatoms. The first kappa shape index (κ1) is 21.1. The largest absolute Gasteiger partial charge is 0.452 e. The smallest absolute Gasteiger partial charge is 0.308 e. The average Bonchev–Trinajstić information content (AvgIpc) is 2.69. The van der Waals surface area contributed by atoms with Crippen LogP contribution >= 0.6 is 11.6 Å². The fraction of sp³-hybridized carbons (Fsp3) is 0.200. The molecule has 0 spiro atoms. The predicted molar refractivity (Wildman–Crippen MR) is 107 cm³/mol. The SMILES string of the molecule is C[C@@H](OC(=O)CCNC(=O)/C=C/c1ccccc1)C(=O)Nc1cccnc1Cl. The molecule has 1 atom stereocenters. The summed E-state index contributed by atoms with van der Waals surface area (Å²) >= 11 is 5.86. The number of carbonyl (C=O) groups excluding carboxylic acids is 3. The predicted octanol–water partition coefficient (Wildman–Crippen LogP) is 2.82. The van der Waals surface area contributed by atoms with Crippen molar-refractivity contribution in [1.29, 1.82) is 0 Å². The third-order valence-electron chi connectivity index (χ3n) is 3.55. The number of esters is 1. The number of pyridine rings is 1. The monoisotopic (exact) mass is 401 g/mol. The molecule has 2 aromatic rings. The molecule has 1 aromatic carbocycles. The second kappa shape index (κ2) is 10.8. The van der Waals surface area contributed by atoms with Crippen LogP contribution in [0.2, 0.25) is 5.15 Å². The Morgan fingerprint density at radius 2 is 1.93 bits per heavy atom. The molecule has 0 aliphatic rings. The van der Waals surface area contributed by atoms with Crippen LogP contribution in [0.1, 0.15) is 18.9 Å². The zero-order valence-corrected chi connectivity index (χ0v) is 16.0. The van der Waals surface area contributed by atoms with Crippen molar-refractivity contribution in [3.05, 3.63) is 65.5 Å². The molecule has 0 aliphatic heterocycles. The van der Waals surface area contributed by atoms with E-state index in [1.807, 2.05) is 30.3 Å². The zero-order chi connectivity index (χ0) is 20.4. The number of halogens is 1. The van der Waals surface area contributed by atoms with E-state index in [9.17, 15) is 14.4 Å². The summed E-state index contributed by atoms with van der Waals surface area (Å²) in [5, 5.41) is 5.25. The fourth-order valence-corrected chi connectivity index (χ4v) is 2.27. The van der Waals surface area contributed by atoms with Crippen LogP contribution in [-0.4, -0.2) is 35.4 Å². The number of hydrogen-bond acceptors (Lipinski definition) is 5. The van der Waals surface area contributed by atoms with Gasteiger partial charge in [0.1, 0.15) is 0 Å². The van der Waals surface area contributed by atoms with E-state index < -0.39 is 18.0 Å². The molecule has 0 radical (unpaired) electrons. The van der Waals surface area contributed by atoms with E-state index >= 15 is 0 Å². The van der Waals surface area contributed by atoms with Crippen LogP contribution < -0.4 is 10.6 Å². The number of nitrogens with one attached hydrogen (secondary N) is 2. The topological polar surface area (TPSA) is 97.4 Å². The van der Waals surface area contributed by atoms with Crippen molar-refractivity contribution >= 4 is 41.1 Å². The molecule has 2 rings (SSSR count). The highest BCUT2D eigenvalue weighted by molar-refractivity contribution is 6.32. The highest BCUT2D eigenvalue weighted by Gasteiger charge is 2.18. The van der Waals surface area contributed by atoms with Gasteiger partial charge in [-0.05, 0) is 30.7 Å². The van der Waals surface area contributed by atoms with E-state index in [1.165, 1.54) is 19.2 Å². The first-order valence-corrected chi connectivity index (χ1v) is 8.95. The normalized spacial score (nSPS) is 11.6. The zero-order valence-electron chi connectivity index (χ0n) is 15.2. The Labute approximate surface area is 167 Å². The van der Waals surface area contributed by atoms with Gasteiger partial charge in [-0.3, -0.25) is 14.4 Å². The molecule has 2 N–H and O–H groups in total. The lowest BCUT2D eigenvalue weighted by molar-refractivity contribution is -0.153. The lowest BCUT2D eigenvalue weighted by Gasteiger charge is -2.14. The summed E-state index contributed by atoms with van der Waals surface area (Å²) in [6, 6.07) is 12.6. The minimum absolute atomic E-state index is 0.0593. The van der Waals surface area contributed by atoms with Gasteiger partial charge in [0.15, 0.2) is 11.3 Å². The second-order valence-corrected chi connectivity index (χ2v) is 6.11. The van der Waals surface area contributed by atoms with Gasteiger partial charge in [-0.2, -0.15) is 0 Å². The summed E-state index contributed by atoms with van der Waals surface area (Å²) in [7, 11) is 0. The lowest BCUT2D eigenvalue weighted by Crippen LogP contribution is -2.31. The van der Waals surface area contributed by atoms with Crippen molar-refractivity contribution < 1.29 is 19.1 Å².